The number of rotatable bonds is 6. The molecule has 2 amide bonds. The summed E-state index contributed by atoms with van der Waals surface area (Å²) in [5.74, 6) is -2.01. The van der Waals surface area contributed by atoms with E-state index in [4.69, 9.17) is 24.4 Å². The molecule has 3 rings (SSSR count). The number of carbonyl (C=O) groups is 3. The number of aromatic nitrogens is 1. The number of carboxylic acid groups (broad SMARTS) is 1. The van der Waals surface area contributed by atoms with E-state index in [1.54, 1.807) is 0 Å². The molecule has 0 spiro atoms. The van der Waals surface area contributed by atoms with Gasteiger partial charge in [-0.2, -0.15) is 21.6 Å². The van der Waals surface area contributed by atoms with E-state index in [9.17, 15) is 32.7 Å². The predicted molar refractivity (Wildman–Crippen MR) is 116 cm³/mol. The summed E-state index contributed by atoms with van der Waals surface area (Å²) in [5, 5.41) is 17.4. The third-order valence-electron chi connectivity index (χ3n) is 4.28. The minimum atomic E-state index is -5.84. The lowest BCUT2D eigenvalue weighted by Gasteiger charge is -2.49. The largest absolute Gasteiger partial charge is 0.522 e. The SMILES string of the molecule is CON=C(C(=O)NC1C(=O)N2C(C(=O)O)=C(CN)SCC12)c1csc(N)n1.O=S(=O)(O)C(F)(F)F. The van der Waals surface area contributed by atoms with Crippen molar-refractivity contribution in [2.75, 3.05) is 25.1 Å². The number of nitrogen functional groups attached to an aromatic ring is 1. The number of β-lactam (4-membered cyclic amide) rings is 1. The third kappa shape index (κ3) is 6.20. The molecule has 2 atom stereocenters. The summed E-state index contributed by atoms with van der Waals surface area (Å²) in [4.78, 5) is 46.8. The molecule has 2 aliphatic rings. The molecule has 2 aliphatic heterocycles. The van der Waals surface area contributed by atoms with E-state index in [2.05, 4.69) is 20.3 Å². The van der Waals surface area contributed by atoms with Crippen LogP contribution in [0.3, 0.4) is 0 Å². The number of amides is 2. The van der Waals surface area contributed by atoms with Crippen LogP contribution in [0.1, 0.15) is 5.69 Å². The van der Waals surface area contributed by atoms with Gasteiger partial charge in [-0.25, -0.2) is 9.78 Å². The van der Waals surface area contributed by atoms with Crippen molar-refractivity contribution < 1.29 is 50.5 Å². The van der Waals surface area contributed by atoms with Crippen LogP contribution in [0.25, 0.3) is 0 Å². The zero-order valence-electron chi connectivity index (χ0n) is 17.3. The monoisotopic (exact) mass is 562 g/mol. The number of hydrogen-bond donors (Lipinski definition) is 5. The Bertz CT molecular complexity index is 1180. The van der Waals surface area contributed by atoms with Crippen molar-refractivity contribution in [1.29, 1.82) is 0 Å². The van der Waals surface area contributed by atoms with Crippen molar-refractivity contribution in [3.63, 3.8) is 0 Å². The number of thiazole rings is 1. The number of thioether (sulfide) groups is 1. The van der Waals surface area contributed by atoms with Crippen LogP contribution in [0.2, 0.25) is 0 Å². The van der Waals surface area contributed by atoms with E-state index in [0.717, 1.165) is 11.3 Å². The fraction of sp³-hybridized carbons (Fsp3) is 0.400. The number of halogens is 3. The minimum absolute atomic E-state index is 0.0235. The lowest BCUT2D eigenvalue weighted by atomic mass is 9.94. The highest BCUT2D eigenvalue weighted by Crippen LogP contribution is 2.38. The Morgan fingerprint density at radius 3 is 2.46 bits per heavy atom. The van der Waals surface area contributed by atoms with E-state index in [1.807, 2.05) is 0 Å². The van der Waals surface area contributed by atoms with Gasteiger partial charge in [0, 0.05) is 22.6 Å². The number of fused-ring (bicyclic) bond motifs is 1. The van der Waals surface area contributed by atoms with Crippen molar-refractivity contribution in [3.05, 3.63) is 21.7 Å². The van der Waals surface area contributed by atoms with Crippen LogP contribution in [-0.4, -0.2) is 88.5 Å². The highest BCUT2D eigenvalue weighted by Gasteiger charge is 2.54. The molecule has 0 aliphatic carbocycles. The maximum absolute atomic E-state index is 12.6. The van der Waals surface area contributed by atoms with Gasteiger partial charge in [-0.05, 0) is 0 Å². The molecular weight excluding hydrogens is 545 g/mol. The number of anilines is 1. The highest BCUT2D eigenvalue weighted by atomic mass is 32.2. The van der Waals surface area contributed by atoms with E-state index in [0.29, 0.717) is 10.7 Å². The molecule has 3 heterocycles. The Morgan fingerprint density at radius 1 is 1.43 bits per heavy atom. The van der Waals surface area contributed by atoms with Crippen molar-refractivity contribution in [2.24, 2.45) is 10.9 Å². The fourth-order valence-corrected chi connectivity index (χ4v) is 4.52. The Balaban J connectivity index is 0.000000466. The van der Waals surface area contributed by atoms with Gasteiger partial charge in [0.25, 0.3) is 11.8 Å². The van der Waals surface area contributed by atoms with Gasteiger partial charge in [0.1, 0.15) is 24.5 Å². The van der Waals surface area contributed by atoms with Crippen LogP contribution in [0.15, 0.2) is 21.1 Å². The van der Waals surface area contributed by atoms with Crippen LogP contribution in [-0.2, 0) is 29.3 Å². The average Bonchev–Trinajstić information content (AvgIpc) is 3.19. The molecule has 14 nitrogen and oxygen atoms in total. The first-order chi connectivity index (χ1) is 16.1. The number of carbonyl (C=O) groups excluding carboxylic acids is 2. The average molecular weight is 563 g/mol. The van der Waals surface area contributed by atoms with Crippen molar-refractivity contribution in [1.82, 2.24) is 15.2 Å². The standard InChI is InChI=1S/C14H16N6O5S2.CHF3O3S/c1-25-19-8(5-3-27-14(16)17-5)11(21)18-9-6-4-26-7(2-15)10(13(23)24)20(6)12(9)22;2-1(3,4)8(5,6)7/h3,6,9H,2,4,15H2,1H3,(H2,16,17)(H,18,21)(H,23,24);(H,5,6,7). The normalized spacial score (nSPS) is 20.3. The molecular formula is C15H17F3N6O8S3. The zero-order valence-corrected chi connectivity index (χ0v) is 19.8. The molecule has 0 aromatic carbocycles. The fourth-order valence-electron chi connectivity index (χ4n) is 2.82. The van der Waals surface area contributed by atoms with Gasteiger partial charge >= 0.3 is 21.6 Å². The number of nitrogens with two attached hydrogens (primary N) is 2. The lowest BCUT2D eigenvalue weighted by molar-refractivity contribution is -0.153. The summed E-state index contributed by atoms with van der Waals surface area (Å²) in [6.45, 7) is 0.0235. The van der Waals surface area contributed by atoms with Crippen LogP contribution >= 0.6 is 23.1 Å². The second-order valence-corrected chi connectivity index (χ2v) is 9.85. The van der Waals surface area contributed by atoms with Gasteiger partial charge in [-0.15, -0.1) is 23.1 Å². The minimum Gasteiger partial charge on any atom is -0.477 e. The van der Waals surface area contributed by atoms with Crippen molar-refractivity contribution >= 4 is 61.8 Å². The number of alkyl halides is 3. The van der Waals surface area contributed by atoms with E-state index in [1.165, 1.54) is 29.2 Å². The van der Waals surface area contributed by atoms with E-state index in [-0.39, 0.29) is 28.8 Å². The Kier molecular flexibility index (Phi) is 8.70. The van der Waals surface area contributed by atoms with Gasteiger partial charge in [0.05, 0.1) is 6.04 Å². The predicted octanol–water partition coefficient (Wildman–Crippen LogP) is -0.833. The third-order valence-corrected chi connectivity index (χ3v) is 6.76. The molecule has 0 bridgehead atoms. The smallest absolute Gasteiger partial charge is 0.477 e. The topological polar surface area (TPSA) is 228 Å². The molecule has 20 heteroatoms. The number of nitrogens with zero attached hydrogens (tertiary/aromatic N) is 3. The van der Waals surface area contributed by atoms with Crippen LogP contribution < -0.4 is 16.8 Å². The molecule has 0 radical (unpaired) electrons. The molecule has 0 saturated carbocycles. The summed E-state index contributed by atoms with van der Waals surface area (Å²) in [6.07, 6.45) is 0. The Morgan fingerprint density at radius 2 is 2.03 bits per heavy atom. The summed E-state index contributed by atoms with van der Waals surface area (Å²) in [7, 11) is -4.57. The van der Waals surface area contributed by atoms with Crippen molar-refractivity contribution in [3.8, 4) is 0 Å². The summed E-state index contributed by atoms with van der Waals surface area (Å²) in [5.41, 5.74) is 5.57. The Labute approximate surface area is 202 Å². The molecule has 1 fully saturated rings. The first-order valence-corrected chi connectivity index (χ1v) is 12.2. The van der Waals surface area contributed by atoms with Crippen LogP contribution in [0.5, 0.6) is 0 Å². The second-order valence-electron chi connectivity index (χ2n) is 6.43. The number of hydrogen-bond acceptors (Lipinski definition) is 12. The first-order valence-electron chi connectivity index (χ1n) is 8.93. The molecule has 35 heavy (non-hydrogen) atoms. The molecule has 1 aromatic heterocycles. The summed E-state index contributed by atoms with van der Waals surface area (Å²) >= 11 is 2.39. The van der Waals surface area contributed by atoms with E-state index < -0.39 is 45.5 Å². The number of nitrogens with one attached hydrogen (secondary N) is 1. The lowest BCUT2D eigenvalue weighted by Crippen LogP contribution is -2.73. The maximum Gasteiger partial charge on any atom is 0.522 e. The Hall–Kier alpha value is -2.94. The quantitative estimate of drug-likeness (QED) is 0.0941. The van der Waals surface area contributed by atoms with Gasteiger partial charge in [-0.3, -0.25) is 19.0 Å². The molecule has 2 unspecified atom stereocenters. The van der Waals surface area contributed by atoms with Crippen molar-refractivity contribution in [2.45, 2.75) is 17.6 Å². The number of oxime groups is 1. The van der Waals surface area contributed by atoms with Crippen LogP contribution in [0, 0.1) is 0 Å². The zero-order chi connectivity index (χ0) is 26.7. The second kappa shape index (κ2) is 10.8. The molecule has 7 N–H and O–H groups in total. The number of aliphatic carboxylic acids is 1. The molecule has 1 saturated heterocycles. The maximum atomic E-state index is 12.6. The van der Waals surface area contributed by atoms with E-state index >= 15 is 0 Å². The summed E-state index contributed by atoms with van der Waals surface area (Å²) < 4.78 is 57.5. The summed E-state index contributed by atoms with van der Waals surface area (Å²) in [6, 6.07) is -1.37. The first kappa shape index (κ1) is 28.3. The molecule has 194 valence electrons. The van der Waals surface area contributed by atoms with Crippen LogP contribution in [0.4, 0.5) is 18.3 Å². The van der Waals surface area contributed by atoms with Gasteiger partial charge in [0.15, 0.2) is 10.8 Å². The van der Waals surface area contributed by atoms with Gasteiger partial charge in [0.2, 0.25) is 0 Å². The van der Waals surface area contributed by atoms with Gasteiger partial charge < -0.3 is 26.7 Å². The molecule has 1 aromatic rings. The number of carboxylic acids is 1. The highest BCUT2D eigenvalue weighted by molar-refractivity contribution is 8.03. The van der Waals surface area contributed by atoms with Gasteiger partial charge in [-0.1, -0.05) is 5.16 Å².